The van der Waals surface area contributed by atoms with Crippen molar-refractivity contribution in [1.82, 2.24) is 0 Å². The lowest BCUT2D eigenvalue weighted by molar-refractivity contribution is -0.187. The maximum absolute atomic E-state index is 15.1. The maximum atomic E-state index is 15.1. The molecular weight excluding hydrogens is 689 g/mol. The van der Waals surface area contributed by atoms with Gasteiger partial charge in [0.1, 0.15) is 0 Å². The van der Waals surface area contributed by atoms with Gasteiger partial charge >= 0.3 is 11.9 Å². The zero-order chi connectivity index (χ0) is 41.3. The van der Waals surface area contributed by atoms with Crippen LogP contribution < -0.4 is 0 Å². The average molecular weight is 791 g/mol. The van der Waals surface area contributed by atoms with Crippen LogP contribution >= 0.6 is 0 Å². The van der Waals surface area contributed by atoms with Gasteiger partial charge in [-0.05, 0) is 38.5 Å². The molecule has 4 heteroatoms. The van der Waals surface area contributed by atoms with Gasteiger partial charge in [0.2, 0.25) is 0 Å². The zero-order valence-corrected chi connectivity index (χ0v) is 39.3. The number of unbranched alkanes of at least 4 members (excludes halogenated alkanes) is 30. The molecule has 0 aliphatic rings. The minimum absolute atomic E-state index is 0.0663. The van der Waals surface area contributed by atoms with Crippen molar-refractivity contribution >= 4 is 11.9 Å². The summed E-state index contributed by atoms with van der Waals surface area (Å²) in [4.78, 5) is 30.3. The quantitative estimate of drug-likeness (QED) is 0.0455. The molecule has 0 heterocycles. The summed E-state index contributed by atoms with van der Waals surface area (Å²) in [6.07, 6.45) is 46.2. The molecule has 0 spiro atoms. The maximum Gasteiger partial charge on any atom is 0.313 e. The summed E-state index contributed by atoms with van der Waals surface area (Å²) >= 11 is 0. The van der Waals surface area contributed by atoms with Crippen LogP contribution in [0.25, 0.3) is 0 Å². The molecule has 0 aromatic rings. The van der Waals surface area contributed by atoms with Crippen LogP contribution in [0.1, 0.15) is 298 Å². The Hall–Kier alpha value is -1.06. The number of carbonyl (C=O) groups is 2. The van der Waals surface area contributed by atoms with Crippen LogP contribution in [0.5, 0.6) is 0 Å². The highest BCUT2D eigenvalue weighted by Gasteiger charge is 2.60. The number of hydrogen-bond acceptors (Lipinski definition) is 4. The van der Waals surface area contributed by atoms with Crippen LogP contribution in [0.15, 0.2) is 0 Å². The highest BCUT2D eigenvalue weighted by molar-refractivity contribution is 5.88. The summed E-state index contributed by atoms with van der Waals surface area (Å²) in [5.41, 5.74) is -1.65. The molecule has 334 valence electrons. The minimum atomic E-state index is -0.823. The van der Waals surface area contributed by atoms with Crippen LogP contribution in [-0.2, 0) is 19.1 Å². The second-order valence-corrected chi connectivity index (χ2v) is 18.0. The van der Waals surface area contributed by atoms with E-state index in [1.54, 1.807) is 0 Å². The molecule has 0 bridgehead atoms. The van der Waals surface area contributed by atoms with E-state index >= 15 is 9.59 Å². The lowest BCUT2D eigenvalue weighted by atomic mass is 9.54. The Bertz CT molecular complexity index is 729. The Kier molecular flexibility index (Phi) is 39.9. The summed E-state index contributed by atoms with van der Waals surface area (Å²) in [6, 6.07) is 0. The van der Waals surface area contributed by atoms with Gasteiger partial charge in [-0.25, -0.2) is 0 Å². The van der Waals surface area contributed by atoms with Crippen molar-refractivity contribution in [3.8, 4) is 0 Å². The van der Waals surface area contributed by atoms with Gasteiger partial charge in [-0.2, -0.15) is 0 Å². The molecule has 0 N–H and O–H groups in total. The first-order valence-corrected chi connectivity index (χ1v) is 25.8. The van der Waals surface area contributed by atoms with E-state index in [9.17, 15) is 0 Å². The molecule has 4 nitrogen and oxygen atoms in total. The average Bonchev–Trinajstić information content (AvgIpc) is 3.20. The molecule has 0 fully saturated rings. The third-order valence-corrected chi connectivity index (χ3v) is 13.0. The van der Waals surface area contributed by atoms with Crippen molar-refractivity contribution in [3.05, 3.63) is 0 Å². The number of rotatable bonds is 45. The van der Waals surface area contributed by atoms with Gasteiger partial charge in [-0.15, -0.1) is 0 Å². The van der Waals surface area contributed by atoms with Crippen LogP contribution in [0.4, 0.5) is 0 Å². The van der Waals surface area contributed by atoms with E-state index in [-0.39, 0.29) is 11.9 Å². The molecule has 0 saturated heterocycles. The Morgan fingerprint density at radius 1 is 0.268 bits per heavy atom. The number of esters is 2. The fourth-order valence-corrected chi connectivity index (χ4v) is 9.14. The van der Waals surface area contributed by atoms with E-state index in [4.69, 9.17) is 9.47 Å². The van der Waals surface area contributed by atoms with Gasteiger partial charge < -0.3 is 9.47 Å². The fraction of sp³-hybridized carbons (Fsp3) is 0.962. The Labute approximate surface area is 352 Å². The highest BCUT2D eigenvalue weighted by atomic mass is 16.5. The molecule has 0 saturated carbocycles. The van der Waals surface area contributed by atoms with Gasteiger partial charge in [0.15, 0.2) is 0 Å². The first kappa shape index (κ1) is 54.9. The van der Waals surface area contributed by atoms with Crippen LogP contribution in [0.2, 0.25) is 0 Å². The van der Waals surface area contributed by atoms with E-state index in [2.05, 4.69) is 41.5 Å². The number of ether oxygens (including phenoxy) is 2. The molecule has 0 atom stereocenters. The van der Waals surface area contributed by atoms with E-state index in [1.807, 2.05) is 0 Å². The molecule has 0 aliphatic carbocycles. The van der Waals surface area contributed by atoms with Crippen molar-refractivity contribution in [2.45, 2.75) is 298 Å². The molecule has 0 aliphatic heterocycles. The van der Waals surface area contributed by atoms with E-state index < -0.39 is 10.8 Å². The fourth-order valence-electron chi connectivity index (χ4n) is 9.14. The normalized spacial score (nSPS) is 12.0. The van der Waals surface area contributed by atoms with E-state index in [0.717, 1.165) is 103 Å². The number of hydrogen-bond donors (Lipinski definition) is 0. The van der Waals surface area contributed by atoms with E-state index in [1.165, 1.54) is 154 Å². The lowest BCUT2D eigenvalue weighted by Gasteiger charge is -2.48. The second-order valence-electron chi connectivity index (χ2n) is 18.0. The van der Waals surface area contributed by atoms with Crippen molar-refractivity contribution < 1.29 is 19.1 Å². The van der Waals surface area contributed by atoms with Crippen LogP contribution in [-0.4, -0.2) is 25.2 Å². The molecule has 0 unspecified atom stereocenters. The second kappa shape index (κ2) is 40.7. The summed E-state index contributed by atoms with van der Waals surface area (Å²) in [7, 11) is 0. The molecule has 0 amide bonds. The summed E-state index contributed by atoms with van der Waals surface area (Å²) < 4.78 is 12.8. The molecule has 0 aromatic carbocycles. The molecule has 56 heavy (non-hydrogen) atoms. The summed E-state index contributed by atoms with van der Waals surface area (Å²) in [6.45, 7) is 14.4. The smallest absolute Gasteiger partial charge is 0.313 e. The number of carbonyl (C=O) groups excluding carboxylic acids is 2. The Balaban J connectivity index is 6.80. The highest BCUT2D eigenvalue weighted by Crippen LogP contribution is 2.55. The van der Waals surface area contributed by atoms with E-state index in [0.29, 0.717) is 13.2 Å². The molecular formula is C52H102O4. The SMILES string of the molecule is CCCCCCCCCCC(CCCCCCCCCC)(C(=O)OCCCC)C(CCCCCCCCCC)(CCCCCCCCCC)C(=O)OCCCC. The monoisotopic (exact) mass is 791 g/mol. The van der Waals surface area contributed by atoms with Gasteiger partial charge in [0.25, 0.3) is 0 Å². The van der Waals surface area contributed by atoms with Gasteiger partial charge in [0, 0.05) is 0 Å². The van der Waals surface area contributed by atoms with Gasteiger partial charge in [-0.1, -0.05) is 260 Å². The molecule has 0 radical (unpaired) electrons. The molecule has 0 rings (SSSR count). The van der Waals surface area contributed by atoms with Gasteiger partial charge in [0.05, 0.1) is 24.0 Å². The minimum Gasteiger partial charge on any atom is -0.465 e. The predicted octanol–water partition coefficient (Wildman–Crippen LogP) is 17.8. The van der Waals surface area contributed by atoms with Crippen molar-refractivity contribution in [2.24, 2.45) is 10.8 Å². The standard InChI is InChI=1S/C52H102O4/c1-7-13-19-23-27-31-35-39-43-51(49(53)55-47-17-11-5,44-40-36-32-28-24-20-14-8-2)52(50(54)56-48-18-12-6,45-41-37-33-29-25-21-15-9-3)46-42-38-34-30-26-22-16-10-4/h7-48H2,1-6H3. The zero-order valence-electron chi connectivity index (χ0n) is 39.3. The third-order valence-electron chi connectivity index (χ3n) is 13.0. The van der Waals surface area contributed by atoms with Crippen molar-refractivity contribution in [1.29, 1.82) is 0 Å². The first-order chi connectivity index (χ1) is 27.5. The Morgan fingerprint density at radius 3 is 0.643 bits per heavy atom. The van der Waals surface area contributed by atoms with Crippen molar-refractivity contribution in [3.63, 3.8) is 0 Å². The van der Waals surface area contributed by atoms with Crippen LogP contribution in [0, 0.1) is 10.8 Å². The Morgan fingerprint density at radius 2 is 0.446 bits per heavy atom. The summed E-state index contributed by atoms with van der Waals surface area (Å²) in [5, 5.41) is 0. The third kappa shape index (κ3) is 26.1. The largest absolute Gasteiger partial charge is 0.465 e. The van der Waals surface area contributed by atoms with Crippen molar-refractivity contribution in [2.75, 3.05) is 13.2 Å². The lowest BCUT2D eigenvalue weighted by Crippen LogP contribution is -2.54. The first-order valence-electron chi connectivity index (χ1n) is 25.8. The summed E-state index contributed by atoms with van der Waals surface area (Å²) in [5.74, 6) is -0.133. The predicted molar refractivity (Wildman–Crippen MR) is 246 cm³/mol. The topological polar surface area (TPSA) is 52.6 Å². The van der Waals surface area contributed by atoms with Gasteiger partial charge in [-0.3, -0.25) is 9.59 Å². The molecule has 0 aromatic heterocycles. The van der Waals surface area contributed by atoms with Crippen LogP contribution in [0.3, 0.4) is 0 Å².